The molecule has 0 saturated carbocycles. The summed E-state index contributed by atoms with van der Waals surface area (Å²) in [5.74, 6) is 0. The Labute approximate surface area is 73.1 Å². The molecule has 0 atom stereocenters. The first-order valence-corrected chi connectivity index (χ1v) is 4.45. The molecule has 0 amide bonds. The molecule has 64 valence electrons. The van der Waals surface area contributed by atoms with Crippen molar-refractivity contribution >= 4 is 0 Å². The monoisotopic (exact) mass is 162 g/mol. The van der Waals surface area contributed by atoms with Crippen molar-refractivity contribution in [3.05, 3.63) is 23.8 Å². The largest absolute Gasteiger partial charge is 0.245 e. The Kier molecular flexibility index (Phi) is 1.63. The van der Waals surface area contributed by atoms with Crippen molar-refractivity contribution in [3.8, 4) is 0 Å². The minimum atomic E-state index is 0.432. The van der Waals surface area contributed by atoms with E-state index < -0.39 is 0 Å². The first-order chi connectivity index (χ1) is 5.67. The molecule has 12 heavy (non-hydrogen) atoms. The normalized spacial score (nSPS) is 20.2. The Hall–Kier alpha value is -0.920. The lowest BCUT2D eigenvalue weighted by Crippen LogP contribution is -2.23. The van der Waals surface area contributed by atoms with Gasteiger partial charge in [0.25, 0.3) is 0 Å². The van der Waals surface area contributed by atoms with Crippen molar-refractivity contribution in [2.45, 2.75) is 33.1 Å². The number of hydrogen-bond donors (Lipinski definition) is 0. The van der Waals surface area contributed by atoms with Gasteiger partial charge in [0.05, 0.1) is 0 Å². The standard InChI is InChI=1S/C10H14N2/c1-10(2)4-3-8-6-11-7-12-9(8)5-10/h6-7H,3-5H2,1-2H3. The quantitative estimate of drug-likeness (QED) is 0.583. The van der Waals surface area contributed by atoms with Gasteiger partial charge < -0.3 is 0 Å². The molecule has 1 aliphatic rings. The van der Waals surface area contributed by atoms with E-state index in [2.05, 4.69) is 23.8 Å². The van der Waals surface area contributed by atoms with Gasteiger partial charge in [-0.3, -0.25) is 0 Å². The average Bonchev–Trinajstić information content (AvgIpc) is 2.02. The topological polar surface area (TPSA) is 25.8 Å². The van der Waals surface area contributed by atoms with Crippen LogP contribution in [0.4, 0.5) is 0 Å². The second-order valence-electron chi connectivity index (χ2n) is 4.34. The van der Waals surface area contributed by atoms with E-state index in [9.17, 15) is 0 Å². The molecule has 0 N–H and O–H groups in total. The van der Waals surface area contributed by atoms with Crippen molar-refractivity contribution in [1.82, 2.24) is 9.97 Å². The summed E-state index contributed by atoms with van der Waals surface area (Å²) in [5.41, 5.74) is 3.03. The zero-order valence-electron chi connectivity index (χ0n) is 7.67. The van der Waals surface area contributed by atoms with Gasteiger partial charge in [-0.1, -0.05) is 13.8 Å². The van der Waals surface area contributed by atoms with E-state index in [-0.39, 0.29) is 0 Å². The molecule has 2 rings (SSSR count). The van der Waals surface area contributed by atoms with E-state index in [0.717, 1.165) is 12.8 Å². The number of nitrogens with zero attached hydrogens (tertiary/aromatic N) is 2. The van der Waals surface area contributed by atoms with Crippen LogP contribution in [0.3, 0.4) is 0 Å². The van der Waals surface area contributed by atoms with Crippen LogP contribution in [0.1, 0.15) is 31.5 Å². The summed E-state index contributed by atoms with van der Waals surface area (Å²) in [6.45, 7) is 4.61. The third kappa shape index (κ3) is 1.33. The zero-order chi connectivity index (χ0) is 8.60. The van der Waals surface area contributed by atoms with Gasteiger partial charge in [-0.2, -0.15) is 0 Å². The first kappa shape index (κ1) is 7.71. The number of hydrogen-bond acceptors (Lipinski definition) is 2. The summed E-state index contributed by atoms with van der Waals surface area (Å²) in [5, 5.41) is 0. The summed E-state index contributed by atoms with van der Waals surface area (Å²) in [4.78, 5) is 8.34. The zero-order valence-corrected chi connectivity index (χ0v) is 7.67. The van der Waals surface area contributed by atoms with Gasteiger partial charge in [-0.25, -0.2) is 9.97 Å². The molecule has 0 radical (unpaired) electrons. The van der Waals surface area contributed by atoms with Crippen LogP contribution in [0.15, 0.2) is 12.5 Å². The van der Waals surface area contributed by atoms with E-state index in [1.54, 1.807) is 6.33 Å². The number of fused-ring (bicyclic) bond motifs is 1. The molecule has 0 saturated heterocycles. The van der Waals surface area contributed by atoms with Crippen LogP contribution >= 0.6 is 0 Å². The van der Waals surface area contributed by atoms with Crippen molar-refractivity contribution in [1.29, 1.82) is 0 Å². The van der Waals surface area contributed by atoms with Crippen LogP contribution < -0.4 is 0 Å². The van der Waals surface area contributed by atoms with Gasteiger partial charge in [-0.15, -0.1) is 0 Å². The molecule has 1 aliphatic carbocycles. The summed E-state index contributed by atoms with van der Waals surface area (Å²) in [6.07, 6.45) is 7.11. The third-order valence-corrected chi connectivity index (χ3v) is 2.60. The summed E-state index contributed by atoms with van der Waals surface area (Å²) < 4.78 is 0. The van der Waals surface area contributed by atoms with Gasteiger partial charge in [0.2, 0.25) is 0 Å². The lowest BCUT2D eigenvalue weighted by Gasteiger charge is -2.29. The lowest BCUT2D eigenvalue weighted by molar-refractivity contribution is 0.310. The van der Waals surface area contributed by atoms with Gasteiger partial charge in [0.1, 0.15) is 6.33 Å². The molecular formula is C10H14N2. The summed E-state index contributed by atoms with van der Waals surface area (Å²) in [7, 11) is 0. The Morgan fingerprint density at radius 1 is 1.42 bits per heavy atom. The highest BCUT2D eigenvalue weighted by molar-refractivity contribution is 5.20. The highest BCUT2D eigenvalue weighted by atomic mass is 14.8. The average molecular weight is 162 g/mol. The molecule has 0 aromatic carbocycles. The van der Waals surface area contributed by atoms with E-state index >= 15 is 0 Å². The van der Waals surface area contributed by atoms with E-state index in [0.29, 0.717) is 5.41 Å². The minimum absolute atomic E-state index is 0.432. The van der Waals surface area contributed by atoms with Gasteiger partial charge in [0, 0.05) is 11.9 Å². The number of rotatable bonds is 0. The Morgan fingerprint density at radius 3 is 3.08 bits per heavy atom. The van der Waals surface area contributed by atoms with Crippen LogP contribution in [-0.4, -0.2) is 9.97 Å². The predicted molar refractivity (Wildman–Crippen MR) is 47.8 cm³/mol. The van der Waals surface area contributed by atoms with Crippen molar-refractivity contribution in [3.63, 3.8) is 0 Å². The molecule has 0 fully saturated rings. The molecule has 1 aromatic rings. The SMILES string of the molecule is CC1(C)CCc2cncnc2C1. The van der Waals surface area contributed by atoms with Crippen LogP contribution in [-0.2, 0) is 12.8 Å². The highest BCUT2D eigenvalue weighted by Gasteiger charge is 2.25. The lowest BCUT2D eigenvalue weighted by atomic mass is 9.77. The van der Waals surface area contributed by atoms with Crippen molar-refractivity contribution < 1.29 is 0 Å². The fourth-order valence-electron chi connectivity index (χ4n) is 1.77. The molecule has 1 heterocycles. The maximum absolute atomic E-state index is 4.30. The fourth-order valence-corrected chi connectivity index (χ4v) is 1.77. The Bertz CT molecular complexity index is 292. The number of aryl methyl sites for hydroxylation is 1. The molecule has 2 nitrogen and oxygen atoms in total. The second kappa shape index (κ2) is 2.54. The molecule has 0 bridgehead atoms. The van der Waals surface area contributed by atoms with Gasteiger partial charge in [0.15, 0.2) is 0 Å². The second-order valence-corrected chi connectivity index (χ2v) is 4.34. The molecule has 0 aliphatic heterocycles. The minimum Gasteiger partial charge on any atom is -0.245 e. The van der Waals surface area contributed by atoms with E-state index in [1.165, 1.54) is 17.7 Å². The molecule has 0 unspecified atom stereocenters. The van der Waals surface area contributed by atoms with E-state index in [1.807, 2.05) is 6.20 Å². The Balaban J connectivity index is 2.35. The third-order valence-electron chi connectivity index (χ3n) is 2.60. The van der Waals surface area contributed by atoms with Crippen LogP contribution in [0.25, 0.3) is 0 Å². The van der Waals surface area contributed by atoms with Crippen LogP contribution in [0.2, 0.25) is 0 Å². The van der Waals surface area contributed by atoms with Crippen molar-refractivity contribution in [2.75, 3.05) is 0 Å². The highest BCUT2D eigenvalue weighted by Crippen LogP contribution is 2.32. The molecule has 2 heteroatoms. The van der Waals surface area contributed by atoms with Gasteiger partial charge in [-0.05, 0) is 30.2 Å². The van der Waals surface area contributed by atoms with E-state index in [4.69, 9.17) is 0 Å². The predicted octanol–water partition coefficient (Wildman–Crippen LogP) is 1.99. The van der Waals surface area contributed by atoms with Gasteiger partial charge >= 0.3 is 0 Å². The van der Waals surface area contributed by atoms with Crippen LogP contribution in [0, 0.1) is 5.41 Å². The number of aromatic nitrogens is 2. The smallest absolute Gasteiger partial charge is 0.115 e. The molecule has 0 spiro atoms. The Morgan fingerprint density at radius 2 is 2.25 bits per heavy atom. The molecule has 1 aromatic heterocycles. The molecular weight excluding hydrogens is 148 g/mol. The maximum Gasteiger partial charge on any atom is 0.115 e. The fraction of sp³-hybridized carbons (Fsp3) is 0.600. The van der Waals surface area contributed by atoms with Crippen molar-refractivity contribution in [2.24, 2.45) is 5.41 Å². The van der Waals surface area contributed by atoms with Crippen LogP contribution in [0.5, 0.6) is 0 Å². The summed E-state index contributed by atoms with van der Waals surface area (Å²) >= 11 is 0. The maximum atomic E-state index is 4.30. The first-order valence-electron chi connectivity index (χ1n) is 4.45. The summed E-state index contributed by atoms with van der Waals surface area (Å²) in [6, 6.07) is 0.